The van der Waals surface area contributed by atoms with Crippen molar-refractivity contribution in [1.82, 2.24) is 9.97 Å². The van der Waals surface area contributed by atoms with Crippen molar-refractivity contribution in [3.05, 3.63) is 70.6 Å². The summed E-state index contributed by atoms with van der Waals surface area (Å²) in [5, 5.41) is 15.5. The predicted octanol–water partition coefficient (Wildman–Crippen LogP) is 4.31. The number of anilines is 3. The molecule has 0 radical (unpaired) electrons. The van der Waals surface area contributed by atoms with Gasteiger partial charge in [0, 0.05) is 11.1 Å². The number of halogens is 1. The van der Waals surface area contributed by atoms with Gasteiger partial charge in [0.15, 0.2) is 0 Å². The van der Waals surface area contributed by atoms with Crippen molar-refractivity contribution in [2.45, 2.75) is 6.92 Å². The molecule has 8 heteroatoms. The fraction of sp³-hybridized carbons (Fsp3) is 0.100. The lowest BCUT2D eigenvalue weighted by molar-refractivity contribution is 0.102. The second-order valence-electron chi connectivity index (χ2n) is 5.83. The molecular weight excluding hydrogens is 378 g/mol. The molecule has 0 aliphatic rings. The number of nitrogens with one attached hydrogen (secondary N) is 2. The number of methoxy groups -OCH3 is 1. The Morgan fingerprint density at radius 3 is 2.64 bits per heavy atom. The maximum Gasteiger partial charge on any atom is 0.275 e. The fourth-order valence-corrected chi connectivity index (χ4v) is 2.61. The molecule has 0 spiro atoms. The van der Waals surface area contributed by atoms with E-state index in [0.29, 0.717) is 33.5 Å². The van der Waals surface area contributed by atoms with Gasteiger partial charge in [0.2, 0.25) is 0 Å². The number of hydrogen-bond acceptors (Lipinski definition) is 6. The van der Waals surface area contributed by atoms with Crippen LogP contribution in [0.25, 0.3) is 0 Å². The Labute approximate surface area is 167 Å². The Kier molecular flexibility index (Phi) is 5.72. The van der Waals surface area contributed by atoms with Crippen LogP contribution in [0.4, 0.5) is 17.2 Å². The Hall–Kier alpha value is -3.63. The van der Waals surface area contributed by atoms with Crippen LogP contribution < -0.4 is 15.4 Å². The van der Waals surface area contributed by atoms with Crippen LogP contribution in [0.5, 0.6) is 5.75 Å². The summed E-state index contributed by atoms with van der Waals surface area (Å²) >= 11 is 6.11. The average molecular weight is 394 g/mol. The molecule has 3 aromatic rings. The smallest absolute Gasteiger partial charge is 0.275 e. The van der Waals surface area contributed by atoms with Gasteiger partial charge in [0.25, 0.3) is 5.91 Å². The number of nitrogens with zero attached hydrogens (tertiary/aromatic N) is 3. The number of ether oxygens (including phenoxy) is 1. The van der Waals surface area contributed by atoms with Crippen LogP contribution in [0, 0.1) is 18.3 Å². The quantitative estimate of drug-likeness (QED) is 0.669. The van der Waals surface area contributed by atoms with Gasteiger partial charge in [-0.15, -0.1) is 0 Å². The maximum absolute atomic E-state index is 12.4. The summed E-state index contributed by atoms with van der Waals surface area (Å²) in [6.07, 6.45) is 2.79. The minimum absolute atomic E-state index is 0.123. The van der Waals surface area contributed by atoms with Crippen LogP contribution in [-0.4, -0.2) is 23.0 Å². The van der Waals surface area contributed by atoms with E-state index in [1.54, 1.807) is 37.4 Å². The molecule has 7 nitrogen and oxygen atoms in total. The van der Waals surface area contributed by atoms with E-state index in [4.69, 9.17) is 21.6 Å². The molecular formula is C20H16ClN5O2. The lowest BCUT2D eigenvalue weighted by atomic mass is 10.2. The summed E-state index contributed by atoms with van der Waals surface area (Å²) < 4.78 is 5.32. The zero-order chi connectivity index (χ0) is 20.1. The van der Waals surface area contributed by atoms with Crippen LogP contribution in [0.3, 0.4) is 0 Å². The molecule has 0 atom stereocenters. The largest absolute Gasteiger partial charge is 0.495 e. The third-order valence-corrected chi connectivity index (χ3v) is 4.33. The number of aromatic nitrogens is 2. The first-order valence-electron chi connectivity index (χ1n) is 8.25. The van der Waals surface area contributed by atoms with E-state index in [2.05, 4.69) is 20.6 Å². The number of nitriles is 1. The summed E-state index contributed by atoms with van der Waals surface area (Å²) in [7, 11) is 1.55. The Morgan fingerprint density at radius 2 is 1.96 bits per heavy atom. The zero-order valence-corrected chi connectivity index (χ0v) is 15.9. The molecule has 0 aliphatic heterocycles. The van der Waals surface area contributed by atoms with Crippen molar-refractivity contribution in [3.63, 3.8) is 0 Å². The van der Waals surface area contributed by atoms with E-state index < -0.39 is 5.91 Å². The molecule has 0 bridgehead atoms. The topological polar surface area (TPSA) is 99.9 Å². The highest BCUT2D eigenvalue weighted by Crippen LogP contribution is 2.32. The maximum atomic E-state index is 12.4. The van der Waals surface area contributed by atoms with E-state index in [9.17, 15) is 4.79 Å². The van der Waals surface area contributed by atoms with Gasteiger partial charge in [-0.05, 0) is 30.7 Å². The minimum atomic E-state index is -0.457. The minimum Gasteiger partial charge on any atom is -0.495 e. The van der Waals surface area contributed by atoms with Crippen molar-refractivity contribution in [3.8, 4) is 11.8 Å². The molecule has 3 rings (SSSR count). The van der Waals surface area contributed by atoms with Gasteiger partial charge in [-0.25, -0.2) is 9.97 Å². The normalized spacial score (nSPS) is 10.1. The Balaban J connectivity index is 1.76. The standard InChI is InChI=1S/C20H16ClN5O2/c1-12-7-16(18(28-2)8-14(12)21)25-19-11-23-17(10-24-19)20(27)26-15-6-4-3-5-13(15)9-22/h3-8,10-11H,1-2H3,(H,24,25)(H,26,27). The zero-order valence-electron chi connectivity index (χ0n) is 15.2. The first-order chi connectivity index (χ1) is 13.5. The van der Waals surface area contributed by atoms with Crippen LogP contribution in [0.15, 0.2) is 48.8 Å². The molecule has 2 N–H and O–H groups in total. The SMILES string of the molecule is COc1cc(Cl)c(C)cc1Nc1cnc(C(=O)Nc2ccccc2C#N)cn1. The molecule has 28 heavy (non-hydrogen) atoms. The summed E-state index contributed by atoms with van der Waals surface area (Å²) in [5.74, 6) is 0.544. The van der Waals surface area contributed by atoms with Crippen LogP contribution in [0.1, 0.15) is 21.6 Å². The highest BCUT2D eigenvalue weighted by atomic mass is 35.5. The highest BCUT2D eigenvalue weighted by molar-refractivity contribution is 6.31. The lowest BCUT2D eigenvalue weighted by Crippen LogP contribution is -2.15. The number of para-hydroxylation sites is 1. The summed E-state index contributed by atoms with van der Waals surface area (Å²) in [5.41, 5.74) is 2.47. The number of benzene rings is 2. The number of amides is 1. The molecule has 0 fully saturated rings. The third-order valence-electron chi connectivity index (χ3n) is 3.92. The summed E-state index contributed by atoms with van der Waals surface area (Å²) in [6, 6.07) is 12.3. The summed E-state index contributed by atoms with van der Waals surface area (Å²) in [6.45, 7) is 1.88. The van der Waals surface area contributed by atoms with Gasteiger partial charge in [-0.1, -0.05) is 23.7 Å². The highest BCUT2D eigenvalue weighted by Gasteiger charge is 2.12. The lowest BCUT2D eigenvalue weighted by Gasteiger charge is -2.12. The summed E-state index contributed by atoms with van der Waals surface area (Å²) in [4.78, 5) is 20.7. The predicted molar refractivity (Wildman–Crippen MR) is 107 cm³/mol. The number of carbonyl (C=O) groups is 1. The van der Waals surface area contributed by atoms with Crippen LogP contribution >= 0.6 is 11.6 Å². The van der Waals surface area contributed by atoms with E-state index in [1.165, 1.54) is 12.4 Å². The molecule has 0 unspecified atom stereocenters. The van der Waals surface area contributed by atoms with Gasteiger partial charge in [-0.2, -0.15) is 5.26 Å². The first-order valence-corrected chi connectivity index (χ1v) is 8.63. The van der Waals surface area contributed by atoms with Gasteiger partial charge in [-0.3, -0.25) is 4.79 Å². The first kappa shape index (κ1) is 19.1. The van der Waals surface area contributed by atoms with Crippen LogP contribution in [0.2, 0.25) is 5.02 Å². The van der Waals surface area contributed by atoms with E-state index in [0.717, 1.165) is 5.56 Å². The molecule has 1 amide bonds. The Morgan fingerprint density at radius 1 is 1.18 bits per heavy atom. The van der Waals surface area contributed by atoms with Crippen molar-refractivity contribution in [2.75, 3.05) is 17.7 Å². The Bertz CT molecular complexity index is 1060. The van der Waals surface area contributed by atoms with Crippen molar-refractivity contribution in [2.24, 2.45) is 0 Å². The molecule has 1 heterocycles. The molecule has 2 aromatic carbocycles. The van der Waals surface area contributed by atoms with Crippen LogP contribution in [-0.2, 0) is 0 Å². The van der Waals surface area contributed by atoms with Gasteiger partial charge < -0.3 is 15.4 Å². The second-order valence-corrected chi connectivity index (χ2v) is 6.23. The van der Waals surface area contributed by atoms with E-state index >= 15 is 0 Å². The molecule has 0 saturated carbocycles. The van der Waals surface area contributed by atoms with E-state index in [1.807, 2.05) is 19.1 Å². The average Bonchev–Trinajstić information content (AvgIpc) is 2.71. The van der Waals surface area contributed by atoms with E-state index in [-0.39, 0.29) is 5.69 Å². The molecule has 0 saturated heterocycles. The van der Waals surface area contributed by atoms with Gasteiger partial charge in [0.05, 0.1) is 36.4 Å². The van der Waals surface area contributed by atoms with Gasteiger partial charge >= 0.3 is 0 Å². The number of hydrogen-bond donors (Lipinski definition) is 2. The second kappa shape index (κ2) is 8.37. The van der Waals surface area contributed by atoms with Crippen molar-refractivity contribution < 1.29 is 9.53 Å². The van der Waals surface area contributed by atoms with Crippen molar-refractivity contribution in [1.29, 1.82) is 5.26 Å². The third kappa shape index (κ3) is 4.19. The van der Waals surface area contributed by atoms with Gasteiger partial charge in [0.1, 0.15) is 23.3 Å². The molecule has 1 aromatic heterocycles. The molecule has 140 valence electrons. The fourth-order valence-electron chi connectivity index (χ4n) is 2.45. The van der Waals surface area contributed by atoms with Crippen molar-refractivity contribution >= 4 is 34.7 Å². The number of carbonyl (C=O) groups excluding carboxylic acids is 1. The molecule has 0 aliphatic carbocycles. The number of aryl methyl sites for hydroxylation is 1. The monoisotopic (exact) mass is 393 g/mol. The number of rotatable bonds is 5.